The lowest BCUT2D eigenvalue weighted by molar-refractivity contribution is -0.161. The summed E-state index contributed by atoms with van der Waals surface area (Å²) in [5, 5.41) is 10.6. The Kier molecular flexibility index (Phi) is 62.1. The summed E-state index contributed by atoms with van der Waals surface area (Å²) in [6.07, 6.45) is 50.2. The normalized spacial score (nSPS) is 14.1. The highest BCUT2D eigenvalue weighted by atomic mass is 31.2. The number of esters is 4. The number of ether oxygens (including phenoxy) is 4. The molecule has 0 saturated carbocycles. The van der Waals surface area contributed by atoms with Crippen molar-refractivity contribution >= 4 is 39.5 Å². The van der Waals surface area contributed by atoms with Crippen LogP contribution < -0.4 is 0 Å². The van der Waals surface area contributed by atoms with E-state index in [1.807, 2.05) is 0 Å². The molecule has 0 spiro atoms. The molecule has 0 aromatic carbocycles. The Morgan fingerprint density at radius 3 is 0.764 bits per heavy atom. The van der Waals surface area contributed by atoms with Gasteiger partial charge in [0.2, 0.25) is 0 Å². The van der Waals surface area contributed by atoms with E-state index in [-0.39, 0.29) is 25.7 Å². The number of carbonyl (C=O) groups is 4. The van der Waals surface area contributed by atoms with Crippen LogP contribution in [0.1, 0.15) is 362 Å². The van der Waals surface area contributed by atoms with Gasteiger partial charge in [-0.05, 0) is 31.6 Å². The maximum atomic E-state index is 13.0. The van der Waals surface area contributed by atoms with Crippen LogP contribution in [-0.4, -0.2) is 96.7 Å². The zero-order valence-corrected chi connectivity index (χ0v) is 59.4. The fraction of sp³-hybridized carbons (Fsp3) is 0.943. The molecule has 19 heteroatoms. The van der Waals surface area contributed by atoms with E-state index in [9.17, 15) is 43.2 Å². The van der Waals surface area contributed by atoms with Crippen LogP contribution in [0, 0.1) is 5.92 Å². The second kappa shape index (κ2) is 63.5. The van der Waals surface area contributed by atoms with E-state index in [2.05, 4.69) is 34.6 Å². The van der Waals surface area contributed by atoms with Crippen LogP contribution in [0.25, 0.3) is 0 Å². The Hall–Kier alpha value is -1.94. The fourth-order valence-electron chi connectivity index (χ4n) is 10.6. The number of phosphoric acid groups is 2. The number of unbranched alkanes of at least 4 members (excludes halogenated alkanes) is 42. The minimum absolute atomic E-state index is 0.106. The maximum Gasteiger partial charge on any atom is 0.472 e. The summed E-state index contributed by atoms with van der Waals surface area (Å²) in [5.41, 5.74) is 0. The van der Waals surface area contributed by atoms with Crippen LogP contribution in [0.5, 0.6) is 0 Å². The molecular formula is C70H136O17P2. The molecule has 0 aliphatic rings. The summed E-state index contributed by atoms with van der Waals surface area (Å²) in [5.74, 6) is -1.37. The number of hydrogen-bond donors (Lipinski definition) is 3. The summed E-state index contributed by atoms with van der Waals surface area (Å²) in [6.45, 7) is 7.18. The van der Waals surface area contributed by atoms with Crippen LogP contribution in [0.3, 0.4) is 0 Å². The monoisotopic (exact) mass is 1310 g/mol. The van der Waals surface area contributed by atoms with Crippen LogP contribution in [0.2, 0.25) is 0 Å². The number of aliphatic hydroxyl groups is 1. The first kappa shape index (κ1) is 87.1. The van der Waals surface area contributed by atoms with E-state index in [1.165, 1.54) is 173 Å². The lowest BCUT2D eigenvalue weighted by atomic mass is 10.0. The molecule has 0 amide bonds. The Balaban J connectivity index is 5.15. The van der Waals surface area contributed by atoms with Crippen molar-refractivity contribution in [3.05, 3.63) is 0 Å². The molecule has 5 atom stereocenters. The topological polar surface area (TPSA) is 237 Å². The molecule has 0 radical (unpaired) electrons. The predicted octanol–water partition coefficient (Wildman–Crippen LogP) is 20.1. The number of carbonyl (C=O) groups excluding carboxylic acids is 4. The number of rotatable bonds is 70. The molecule has 0 aliphatic heterocycles. The highest BCUT2D eigenvalue weighted by Crippen LogP contribution is 2.45. The summed E-state index contributed by atoms with van der Waals surface area (Å²) >= 11 is 0. The molecule has 3 N–H and O–H groups in total. The van der Waals surface area contributed by atoms with Crippen molar-refractivity contribution in [2.75, 3.05) is 39.6 Å². The Bertz CT molecular complexity index is 1720. The molecule has 89 heavy (non-hydrogen) atoms. The van der Waals surface area contributed by atoms with Gasteiger partial charge >= 0.3 is 39.5 Å². The van der Waals surface area contributed by atoms with E-state index in [0.29, 0.717) is 25.7 Å². The summed E-state index contributed by atoms with van der Waals surface area (Å²) in [6, 6.07) is 0. The zero-order valence-electron chi connectivity index (χ0n) is 57.6. The molecule has 0 heterocycles. The van der Waals surface area contributed by atoms with Gasteiger partial charge in [-0.2, -0.15) is 0 Å². The molecule has 0 aromatic rings. The summed E-state index contributed by atoms with van der Waals surface area (Å²) < 4.78 is 68.1. The first-order valence-corrected chi connectivity index (χ1v) is 39.6. The van der Waals surface area contributed by atoms with E-state index < -0.39 is 97.5 Å². The summed E-state index contributed by atoms with van der Waals surface area (Å²) in [7, 11) is -9.89. The molecule has 528 valence electrons. The average molecular weight is 1310 g/mol. The predicted molar refractivity (Wildman–Crippen MR) is 358 cm³/mol. The van der Waals surface area contributed by atoms with Crippen molar-refractivity contribution in [1.29, 1.82) is 0 Å². The van der Waals surface area contributed by atoms with Gasteiger partial charge in [-0.25, -0.2) is 9.13 Å². The summed E-state index contributed by atoms with van der Waals surface area (Å²) in [4.78, 5) is 72.3. The van der Waals surface area contributed by atoms with Crippen LogP contribution in [0.4, 0.5) is 0 Å². The van der Waals surface area contributed by atoms with Gasteiger partial charge in [0.25, 0.3) is 0 Å². The maximum absolute atomic E-state index is 13.0. The van der Waals surface area contributed by atoms with Gasteiger partial charge in [-0.1, -0.05) is 311 Å². The van der Waals surface area contributed by atoms with Gasteiger partial charge < -0.3 is 33.8 Å². The molecular weight excluding hydrogens is 1170 g/mol. The van der Waals surface area contributed by atoms with Gasteiger partial charge in [0.05, 0.1) is 26.4 Å². The first-order valence-electron chi connectivity index (χ1n) is 36.6. The van der Waals surface area contributed by atoms with E-state index in [4.69, 9.17) is 37.0 Å². The third-order valence-corrected chi connectivity index (χ3v) is 18.2. The van der Waals surface area contributed by atoms with Crippen LogP contribution in [-0.2, 0) is 65.4 Å². The van der Waals surface area contributed by atoms with Crippen molar-refractivity contribution in [3.8, 4) is 0 Å². The SMILES string of the molecule is CCCCCCCCCCCCCCCCCCCCCCC(=O)O[C@H](COC(=O)CCCCCCCCCCCCC(C)C)COP(=O)(O)OC[C@@H](O)COP(=O)(O)OC[C@@H](COC(=O)CCCCCCCCC)OC(=O)CCCCCCCCCCC. The van der Waals surface area contributed by atoms with Gasteiger partial charge in [-0.3, -0.25) is 37.3 Å². The van der Waals surface area contributed by atoms with Gasteiger partial charge in [-0.15, -0.1) is 0 Å². The average Bonchev–Trinajstić information content (AvgIpc) is 3.62. The van der Waals surface area contributed by atoms with Crippen molar-refractivity contribution < 1.29 is 80.2 Å². The second-order valence-electron chi connectivity index (χ2n) is 25.7. The van der Waals surface area contributed by atoms with E-state index in [0.717, 1.165) is 109 Å². The molecule has 0 aromatic heterocycles. The second-order valence-corrected chi connectivity index (χ2v) is 28.7. The third-order valence-electron chi connectivity index (χ3n) is 16.3. The van der Waals surface area contributed by atoms with Gasteiger partial charge in [0, 0.05) is 25.7 Å². The van der Waals surface area contributed by atoms with Crippen LogP contribution in [0.15, 0.2) is 0 Å². The molecule has 0 rings (SSSR count). The van der Waals surface area contributed by atoms with Crippen molar-refractivity contribution in [1.82, 2.24) is 0 Å². The first-order chi connectivity index (χ1) is 43.0. The standard InChI is InChI=1S/C70H136O17P2/c1-6-9-12-15-18-20-21-22-23-24-25-26-27-28-29-30-36-41-46-51-56-70(75)87-66(60-81-68(73)54-49-44-39-35-32-31-34-38-42-47-52-63(4)5)62-85-89(78,79)83-58-64(71)57-82-88(76,77)84-61-65(59-80-67(72)53-48-43-37-17-14-11-8-3)86-69(74)55-50-45-40-33-19-16-13-10-7-2/h63-66,71H,6-62H2,1-5H3,(H,76,77)(H,78,79)/t64-,65+,66+/m0/s1. The van der Waals surface area contributed by atoms with Crippen molar-refractivity contribution in [2.45, 2.75) is 380 Å². The van der Waals surface area contributed by atoms with Crippen molar-refractivity contribution in [2.24, 2.45) is 5.92 Å². The fourth-order valence-corrected chi connectivity index (χ4v) is 12.2. The lowest BCUT2D eigenvalue weighted by Gasteiger charge is -2.21. The Labute approximate surface area is 543 Å². The molecule has 0 aliphatic carbocycles. The molecule has 17 nitrogen and oxygen atoms in total. The zero-order chi connectivity index (χ0) is 65.6. The van der Waals surface area contributed by atoms with E-state index in [1.54, 1.807) is 0 Å². The Morgan fingerprint density at radius 1 is 0.303 bits per heavy atom. The number of aliphatic hydroxyl groups excluding tert-OH is 1. The highest BCUT2D eigenvalue weighted by molar-refractivity contribution is 7.47. The minimum Gasteiger partial charge on any atom is -0.462 e. The quantitative estimate of drug-likeness (QED) is 0.0222. The molecule has 0 fully saturated rings. The highest BCUT2D eigenvalue weighted by Gasteiger charge is 2.30. The Morgan fingerprint density at radius 2 is 0.517 bits per heavy atom. The van der Waals surface area contributed by atoms with Gasteiger partial charge in [0.1, 0.15) is 19.3 Å². The van der Waals surface area contributed by atoms with Crippen molar-refractivity contribution in [3.63, 3.8) is 0 Å². The lowest BCUT2D eigenvalue weighted by Crippen LogP contribution is -2.30. The smallest absolute Gasteiger partial charge is 0.462 e. The number of phosphoric ester groups is 2. The van der Waals surface area contributed by atoms with Crippen LogP contribution >= 0.6 is 15.6 Å². The minimum atomic E-state index is -4.95. The van der Waals surface area contributed by atoms with E-state index >= 15 is 0 Å². The number of hydrogen-bond acceptors (Lipinski definition) is 15. The molecule has 0 saturated heterocycles. The molecule has 0 bridgehead atoms. The third kappa shape index (κ3) is 64.6. The van der Waals surface area contributed by atoms with Gasteiger partial charge in [0.15, 0.2) is 12.2 Å². The molecule has 2 unspecified atom stereocenters. The largest absolute Gasteiger partial charge is 0.472 e.